The van der Waals surface area contributed by atoms with Gasteiger partial charge in [-0.1, -0.05) is 6.07 Å². The molecule has 2 nitrogen and oxygen atoms in total. The SMILES string of the molecule is C[C](Oc1ccc(F)cc1)Oc1cccc(F)c1. The van der Waals surface area contributed by atoms with Gasteiger partial charge in [0, 0.05) is 13.0 Å². The van der Waals surface area contributed by atoms with E-state index in [4.69, 9.17) is 9.47 Å². The Morgan fingerprint density at radius 1 is 0.833 bits per heavy atom. The second kappa shape index (κ2) is 5.49. The molecule has 0 atom stereocenters. The summed E-state index contributed by atoms with van der Waals surface area (Å²) in [6, 6.07) is 11.2. The molecule has 0 saturated carbocycles. The Kier molecular flexibility index (Phi) is 3.77. The molecule has 1 radical (unpaired) electrons. The second-order valence-electron chi connectivity index (χ2n) is 3.61. The average Bonchev–Trinajstić information content (AvgIpc) is 2.32. The molecular formula is C14H11F2O2. The highest BCUT2D eigenvalue weighted by atomic mass is 19.1. The van der Waals surface area contributed by atoms with Crippen molar-refractivity contribution in [1.82, 2.24) is 0 Å². The van der Waals surface area contributed by atoms with Crippen molar-refractivity contribution in [2.24, 2.45) is 0 Å². The third-order valence-electron chi connectivity index (χ3n) is 2.13. The van der Waals surface area contributed by atoms with Gasteiger partial charge in [-0.3, -0.25) is 0 Å². The van der Waals surface area contributed by atoms with Gasteiger partial charge in [-0.25, -0.2) is 8.78 Å². The smallest absolute Gasteiger partial charge is 0.326 e. The summed E-state index contributed by atoms with van der Waals surface area (Å²) < 4.78 is 36.2. The number of halogens is 2. The van der Waals surface area contributed by atoms with Gasteiger partial charge in [0.25, 0.3) is 0 Å². The Morgan fingerprint density at radius 3 is 2.17 bits per heavy atom. The van der Waals surface area contributed by atoms with E-state index in [1.165, 1.54) is 42.5 Å². The first-order valence-corrected chi connectivity index (χ1v) is 5.34. The molecule has 4 heteroatoms. The molecule has 0 aromatic heterocycles. The van der Waals surface area contributed by atoms with Crippen molar-refractivity contribution in [3.63, 3.8) is 0 Å². The van der Waals surface area contributed by atoms with Gasteiger partial charge >= 0.3 is 6.29 Å². The number of ether oxygens (including phenoxy) is 2. The van der Waals surface area contributed by atoms with E-state index in [2.05, 4.69) is 0 Å². The minimum absolute atomic E-state index is 0.229. The van der Waals surface area contributed by atoms with Gasteiger partial charge in [0.2, 0.25) is 0 Å². The van der Waals surface area contributed by atoms with Crippen LogP contribution in [0.5, 0.6) is 11.5 Å². The lowest BCUT2D eigenvalue weighted by Crippen LogP contribution is -2.10. The molecule has 0 N–H and O–H groups in total. The molecule has 0 amide bonds. The molecule has 0 saturated heterocycles. The topological polar surface area (TPSA) is 18.5 Å². The molecule has 18 heavy (non-hydrogen) atoms. The van der Waals surface area contributed by atoms with Gasteiger partial charge in [0.05, 0.1) is 0 Å². The fourth-order valence-corrected chi connectivity index (χ4v) is 1.39. The molecule has 0 fully saturated rings. The Hall–Kier alpha value is -2.10. The molecule has 0 aliphatic carbocycles. The predicted molar refractivity (Wildman–Crippen MR) is 63.0 cm³/mol. The zero-order valence-corrected chi connectivity index (χ0v) is 9.69. The zero-order valence-electron chi connectivity index (χ0n) is 9.69. The molecular weight excluding hydrogens is 238 g/mol. The maximum absolute atomic E-state index is 12.9. The Morgan fingerprint density at radius 2 is 1.50 bits per heavy atom. The predicted octanol–water partition coefficient (Wildman–Crippen LogP) is 3.93. The molecule has 2 rings (SSSR count). The Balaban J connectivity index is 1.96. The molecule has 93 valence electrons. The van der Waals surface area contributed by atoms with E-state index in [9.17, 15) is 8.78 Å². The Labute approximate surface area is 104 Å². The van der Waals surface area contributed by atoms with E-state index < -0.39 is 0 Å². The van der Waals surface area contributed by atoms with Gasteiger partial charge in [-0.05, 0) is 36.4 Å². The van der Waals surface area contributed by atoms with E-state index in [1.54, 1.807) is 13.0 Å². The lowest BCUT2D eigenvalue weighted by Gasteiger charge is -2.14. The lowest BCUT2D eigenvalue weighted by atomic mass is 10.3. The van der Waals surface area contributed by atoms with Crippen molar-refractivity contribution in [2.75, 3.05) is 0 Å². The first kappa shape index (κ1) is 12.4. The van der Waals surface area contributed by atoms with Crippen LogP contribution in [-0.2, 0) is 0 Å². The third kappa shape index (κ3) is 3.45. The summed E-state index contributed by atoms with van der Waals surface area (Å²) in [6.45, 7) is 1.59. The van der Waals surface area contributed by atoms with Crippen LogP contribution in [0.25, 0.3) is 0 Å². The van der Waals surface area contributed by atoms with E-state index >= 15 is 0 Å². The molecule has 0 heterocycles. The molecule has 2 aromatic rings. The molecule has 0 aliphatic rings. The van der Waals surface area contributed by atoms with Crippen molar-refractivity contribution >= 4 is 0 Å². The van der Waals surface area contributed by atoms with Crippen LogP contribution in [0.3, 0.4) is 0 Å². The van der Waals surface area contributed by atoms with Gasteiger partial charge in [-0.15, -0.1) is 0 Å². The molecule has 0 bridgehead atoms. The monoisotopic (exact) mass is 249 g/mol. The van der Waals surface area contributed by atoms with Crippen molar-refractivity contribution < 1.29 is 18.3 Å². The summed E-state index contributed by atoms with van der Waals surface area (Å²) in [4.78, 5) is 0. The second-order valence-corrected chi connectivity index (χ2v) is 3.61. The van der Waals surface area contributed by atoms with Crippen molar-refractivity contribution in [2.45, 2.75) is 6.92 Å². The average molecular weight is 249 g/mol. The highest BCUT2D eigenvalue weighted by molar-refractivity contribution is 5.25. The van der Waals surface area contributed by atoms with Crippen LogP contribution in [0, 0.1) is 17.9 Å². The molecule has 0 aliphatic heterocycles. The van der Waals surface area contributed by atoms with Crippen LogP contribution in [0.1, 0.15) is 6.92 Å². The van der Waals surface area contributed by atoms with Gasteiger partial charge in [0.15, 0.2) is 0 Å². The Bertz CT molecular complexity index is 511. The van der Waals surface area contributed by atoms with Crippen LogP contribution in [0.15, 0.2) is 48.5 Å². The molecule has 0 unspecified atom stereocenters. The van der Waals surface area contributed by atoms with Gasteiger partial charge < -0.3 is 9.47 Å². The van der Waals surface area contributed by atoms with Gasteiger partial charge in [-0.2, -0.15) is 0 Å². The number of benzene rings is 2. The quantitative estimate of drug-likeness (QED) is 0.817. The van der Waals surface area contributed by atoms with Crippen molar-refractivity contribution in [1.29, 1.82) is 0 Å². The first-order chi connectivity index (χ1) is 8.63. The van der Waals surface area contributed by atoms with Crippen LogP contribution in [0.2, 0.25) is 0 Å². The summed E-state index contributed by atoms with van der Waals surface area (Å²) >= 11 is 0. The first-order valence-electron chi connectivity index (χ1n) is 5.34. The molecule has 2 aromatic carbocycles. The summed E-state index contributed by atoms with van der Waals surface area (Å²) in [6.07, 6.45) is 0.229. The van der Waals surface area contributed by atoms with Crippen molar-refractivity contribution in [3.05, 3.63) is 66.5 Å². The van der Waals surface area contributed by atoms with Crippen molar-refractivity contribution in [3.8, 4) is 11.5 Å². The standard InChI is InChI=1S/C14H11F2O2/c1-10(17-13-7-5-11(15)6-8-13)18-14-4-2-3-12(16)9-14/h2-9H,1H3. The largest absolute Gasteiger partial charge is 0.446 e. The summed E-state index contributed by atoms with van der Waals surface area (Å²) in [5.41, 5.74) is 0. The minimum Gasteiger partial charge on any atom is -0.446 e. The highest BCUT2D eigenvalue weighted by Gasteiger charge is 2.09. The van der Waals surface area contributed by atoms with E-state index in [-0.39, 0.29) is 17.9 Å². The summed E-state index contributed by atoms with van der Waals surface area (Å²) in [5, 5.41) is 0. The van der Waals surface area contributed by atoms with Crippen LogP contribution < -0.4 is 9.47 Å². The fraction of sp³-hybridized carbons (Fsp3) is 0.0714. The zero-order chi connectivity index (χ0) is 13.0. The highest BCUT2D eigenvalue weighted by Crippen LogP contribution is 2.20. The number of hydrogen-bond acceptors (Lipinski definition) is 2. The van der Waals surface area contributed by atoms with Crippen LogP contribution in [-0.4, -0.2) is 0 Å². The maximum atomic E-state index is 12.9. The lowest BCUT2D eigenvalue weighted by molar-refractivity contribution is 0.133. The van der Waals surface area contributed by atoms with Crippen LogP contribution in [0.4, 0.5) is 8.78 Å². The third-order valence-corrected chi connectivity index (χ3v) is 2.13. The summed E-state index contributed by atoms with van der Waals surface area (Å²) in [7, 11) is 0. The summed E-state index contributed by atoms with van der Waals surface area (Å²) in [5.74, 6) is 0.0630. The maximum Gasteiger partial charge on any atom is 0.326 e. The fourth-order valence-electron chi connectivity index (χ4n) is 1.39. The van der Waals surface area contributed by atoms with E-state index in [0.29, 0.717) is 11.5 Å². The normalized spacial score (nSPS) is 10.4. The van der Waals surface area contributed by atoms with E-state index in [0.717, 1.165) is 0 Å². The number of hydrogen-bond donors (Lipinski definition) is 0. The minimum atomic E-state index is -0.387. The number of rotatable bonds is 4. The van der Waals surface area contributed by atoms with Crippen LogP contribution >= 0.6 is 0 Å². The van der Waals surface area contributed by atoms with Gasteiger partial charge in [0.1, 0.15) is 23.1 Å². The molecule has 0 spiro atoms. The van der Waals surface area contributed by atoms with E-state index in [1.807, 2.05) is 0 Å².